The van der Waals surface area contributed by atoms with E-state index in [1.807, 2.05) is 24.3 Å². The Labute approximate surface area is 233 Å². The highest BCUT2D eigenvalue weighted by Gasteiger charge is 2.33. The molecule has 2 heterocycles. The average molecular weight is 543 g/mol. The fourth-order valence-electron chi connectivity index (χ4n) is 6.10. The third-order valence-corrected chi connectivity index (χ3v) is 8.29. The van der Waals surface area contributed by atoms with Crippen molar-refractivity contribution in [1.29, 1.82) is 0 Å². The van der Waals surface area contributed by atoms with Crippen LogP contribution in [-0.2, 0) is 11.2 Å². The van der Waals surface area contributed by atoms with Gasteiger partial charge in [0.05, 0.1) is 31.1 Å². The summed E-state index contributed by atoms with van der Waals surface area (Å²) >= 11 is 0. The number of benzene rings is 2. The second-order valence-corrected chi connectivity index (χ2v) is 10.7. The van der Waals surface area contributed by atoms with Crippen LogP contribution in [0.5, 0.6) is 5.75 Å². The summed E-state index contributed by atoms with van der Waals surface area (Å²) in [4.78, 5) is 39.0. The number of aliphatic hydroxyl groups excluding tert-OH is 1. The Morgan fingerprint density at radius 3 is 2.75 bits per heavy atom. The van der Waals surface area contributed by atoms with Gasteiger partial charge in [-0.25, -0.2) is 4.98 Å². The van der Waals surface area contributed by atoms with E-state index in [9.17, 15) is 14.7 Å². The Morgan fingerprint density at radius 2 is 1.95 bits per heavy atom. The van der Waals surface area contributed by atoms with Crippen LogP contribution >= 0.6 is 0 Å². The number of aromatic nitrogens is 2. The van der Waals surface area contributed by atoms with Crippen LogP contribution in [0.4, 0.5) is 23.1 Å². The predicted octanol–water partition coefficient (Wildman–Crippen LogP) is 3.73. The molecular weight excluding hydrogens is 508 g/mol. The van der Waals surface area contributed by atoms with Gasteiger partial charge in [0.15, 0.2) is 5.82 Å². The zero-order chi connectivity index (χ0) is 27.8. The van der Waals surface area contributed by atoms with Crippen molar-refractivity contribution < 1.29 is 19.4 Å². The Hall–Kier alpha value is -4.18. The van der Waals surface area contributed by atoms with Crippen molar-refractivity contribution >= 4 is 35.0 Å². The van der Waals surface area contributed by atoms with Crippen molar-refractivity contribution in [3.63, 3.8) is 0 Å². The van der Waals surface area contributed by atoms with Crippen LogP contribution in [0, 0.1) is 0 Å². The normalized spacial score (nSPS) is 20.6. The van der Waals surface area contributed by atoms with E-state index in [0.29, 0.717) is 54.1 Å². The Morgan fingerprint density at radius 1 is 1.15 bits per heavy atom. The van der Waals surface area contributed by atoms with E-state index in [4.69, 9.17) is 9.72 Å². The van der Waals surface area contributed by atoms with Crippen LogP contribution in [-0.4, -0.2) is 59.7 Å². The van der Waals surface area contributed by atoms with Gasteiger partial charge < -0.3 is 30.3 Å². The van der Waals surface area contributed by atoms with E-state index in [1.54, 1.807) is 43.5 Å². The van der Waals surface area contributed by atoms with Gasteiger partial charge in [-0.05, 0) is 42.2 Å². The summed E-state index contributed by atoms with van der Waals surface area (Å²) in [6, 6.07) is 12.8. The molecule has 0 bridgehead atoms. The van der Waals surface area contributed by atoms with E-state index < -0.39 is 12.1 Å². The van der Waals surface area contributed by atoms with Crippen molar-refractivity contribution in [2.24, 2.45) is 0 Å². The summed E-state index contributed by atoms with van der Waals surface area (Å²) in [5.41, 5.74) is 3.70. The summed E-state index contributed by atoms with van der Waals surface area (Å²) in [5.74, 6) is 1.34. The van der Waals surface area contributed by atoms with Gasteiger partial charge in [0.2, 0.25) is 11.9 Å². The number of rotatable bonds is 6. The number of anilines is 4. The molecule has 3 aliphatic rings. The highest BCUT2D eigenvalue weighted by molar-refractivity contribution is 5.97. The van der Waals surface area contributed by atoms with E-state index >= 15 is 0 Å². The molecule has 3 aromatic rings. The summed E-state index contributed by atoms with van der Waals surface area (Å²) in [5, 5.41) is 16.8. The second-order valence-electron chi connectivity index (χ2n) is 10.7. The summed E-state index contributed by atoms with van der Waals surface area (Å²) in [7, 11) is 3.31. The van der Waals surface area contributed by atoms with Crippen molar-refractivity contribution in [3.8, 4) is 5.75 Å². The molecule has 1 fully saturated rings. The van der Waals surface area contributed by atoms with Crippen molar-refractivity contribution in [3.05, 3.63) is 65.4 Å². The Bertz CT molecular complexity index is 1440. The number of carbonyl (C=O) groups is 2. The maximum atomic E-state index is 13.1. The highest BCUT2D eigenvalue weighted by Crippen LogP contribution is 2.37. The van der Waals surface area contributed by atoms with E-state index in [-0.39, 0.29) is 11.8 Å². The standard InChI is InChI=1S/C30H34N6O4/c1-35-23-17-31-30(34-28(23)36(14-13-26(35)38)20-8-4-5-9-20)32-22-12-11-19(16-25(22)40-2)29(39)33-27-21-10-6-3-7-18(21)15-24(27)37/h3,6-7,10-12,16-17,20,24,27,37H,4-5,8-9,13-15H2,1-2H3,(H,33,39)(H,31,32,34)/t24-,27+/m1/s1. The highest BCUT2D eigenvalue weighted by atomic mass is 16.5. The molecular formula is C30H34N6O4. The van der Waals surface area contributed by atoms with E-state index in [1.165, 1.54) is 12.8 Å². The lowest BCUT2D eigenvalue weighted by Crippen LogP contribution is -2.34. The fourth-order valence-corrected chi connectivity index (χ4v) is 6.10. The first-order valence-corrected chi connectivity index (χ1v) is 13.8. The third-order valence-electron chi connectivity index (χ3n) is 8.29. The molecule has 0 unspecified atom stereocenters. The lowest BCUT2D eigenvalue weighted by molar-refractivity contribution is -0.118. The van der Waals surface area contributed by atoms with Crippen LogP contribution in [0.25, 0.3) is 0 Å². The van der Waals surface area contributed by atoms with Crippen LogP contribution in [0.3, 0.4) is 0 Å². The number of amides is 2. The van der Waals surface area contributed by atoms with Crippen molar-refractivity contribution in [1.82, 2.24) is 15.3 Å². The van der Waals surface area contributed by atoms with Crippen molar-refractivity contribution in [2.75, 3.05) is 35.8 Å². The fraction of sp³-hybridized carbons (Fsp3) is 0.400. The predicted molar refractivity (Wildman–Crippen MR) is 152 cm³/mol. The first-order chi connectivity index (χ1) is 19.4. The lowest BCUT2D eigenvalue weighted by atomic mass is 10.1. The molecule has 40 heavy (non-hydrogen) atoms. The zero-order valence-corrected chi connectivity index (χ0v) is 22.8. The number of carbonyl (C=O) groups excluding carboxylic acids is 2. The van der Waals surface area contributed by atoms with Crippen LogP contribution < -0.4 is 25.2 Å². The zero-order valence-electron chi connectivity index (χ0n) is 22.8. The molecule has 0 radical (unpaired) electrons. The molecule has 2 amide bonds. The minimum absolute atomic E-state index is 0.0511. The average Bonchev–Trinajstić information content (AvgIpc) is 3.58. The van der Waals surface area contributed by atoms with Gasteiger partial charge in [0.1, 0.15) is 11.4 Å². The molecule has 3 N–H and O–H groups in total. The molecule has 10 heteroatoms. The van der Waals surface area contributed by atoms with E-state index in [2.05, 4.69) is 20.5 Å². The summed E-state index contributed by atoms with van der Waals surface area (Å²) < 4.78 is 5.61. The minimum atomic E-state index is -0.673. The number of hydrogen-bond acceptors (Lipinski definition) is 8. The van der Waals surface area contributed by atoms with Gasteiger partial charge in [-0.1, -0.05) is 37.1 Å². The number of nitrogens with zero attached hydrogens (tertiary/aromatic N) is 4. The molecule has 1 aliphatic heterocycles. The second kappa shape index (κ2) is 10.8. The molecule has 2 aromatic carbocycles. The Kier molecular flexibility index (Phi) is 7.02. The monoisotopic (exact) mass is 542 g/mol. The molecule has 1 aromatic heterocycles. The molecule has 0 saturated heterocycles. The molecule has 0 spiro atoms. The van der Waals surface area contributed by atoms with Gasteiger partial charge in [-0.15, -0.1) is 0 Å². The lowest BCUT2D eigenvalue weighted by Gasteiger charge is -2.30. The molecule has 1 saturated carbocycles. The number of fused-ring (bicyclic) bond motifs is 2. The number of nitrogens with one attached hydrogen (secondary N) is 2. The van der Waals surface area contributed by atoms with Gasteiger partial charge >= 0.3 is 0 Å². The first-order valence-electron chi connectivity index (χ1n) is 13.8. The molecule has 208 valence electrons. The number of ether oxygens (including phenoxy) is 1. The SMILES string of the molecule is COc1cc(C(=O)N[C@H]2c3ccccc3C[C@H]2O)ccc1Nc1ncc2c(n1)N(C1CCCC1)CCC(=O)N2C. The van der Waals surface area contributed by atoms with Crippen LogP contribution in [0.2, 0.25) is 0 Å². The molecule has 6 rings (SSSR count). The number of methoxy groups -OCH3 is 1. The van der Waals surface area contributed by atoms with Crippen LogP contribution in [0.15, 0.2) is 48.7 Å². The summed E-state index contributed by atoms with van der Waals surface area (Å²) in [6.07, 6.45) is 6.50. The van der Waals surface area contributed by atoms with Gasteiger partial charge in [0, 0.05) is 38.0 Å². The van der Waals surface area contributed by atoms with Crippen LogP contribution in [0.1, 0.15) is 59.6 Å². The Balaban J connectivity index is 1.24. The largest absolute Gasteiger partial charge is 0.495 e. The summed E-state index contributed by atoms with van der Waals surface area (Å²) in [6.45, 7) is 0.630. The first kappa shape index (κ1) is 26.1. The van der Waals surface area contributed by atoms with Crippen molar-refractivity contribution in [2.45, 2.75) is 56.7 Å². The molecule has 2 aliphatic carbocycles. The van der Waals surface area contributed by atoms with Gasteiger partial charge in [-0.2, -0.15) is 4.98 Å². The number of aliphatic hydroxyl groups is 1. The molecule has 10 nitrogen and oxygen atoms in total. The minimum Gasteiger partial charge on any atom is -0.495 e. The van der Waals surface area contributed by atoms with E-state index in [0.717, 1.165) is 29.8 Å². The quantitative estimate of drug-likeness (QED) is 0.431. The van der Waals surface area contributed by atoms with Gasteiger partial charge in [0.25, 0.3) is 5.91 Å². The van der Waals surface area contributed by atoms with Gasteiger partial charge in [-0.3, -0.25) is 9.59 Å². The topological polar surface area (TPSA) is 120 Å². The third kappa shape index (κ3) is 4.83. The maximum absolute atomic E-state index is 13.1. The maximum Gasteiger partial charge on any atom is 0.251 e. The smallest absolute Gasteiger partial charge is 0.251 e. The number of hydrogen-bond donors (Lipinski definition) is 3. The molecule has 2 atom stereocenters.